The molecule has 124 valence electrons. The molecule has 0 heterocycles. The maximum absolute atomic E-state index is 12.5. The van der Waals surface area contributed by atoms with Gasteiger partial charge in [0.1, 0.15) is 6.61 Å². The van der Waals surface area contributed by atoms with Crippen LogP contribution in [0.15, 0.2) is 18.2 Å². The van der Waals surface area contributed by atoms with E-state index in [4.69, 9.17) is 4.74 Å². The van der Waals surface area contributed by atoms with Gasteiger partial charge in [0.05, 0.1) is 18.9 Å². The van der Waals surface area contributed by atoms with Crippen LogP contribution >= 0.6 is 0 Å². The average Bonchev–Trinajstić information content (AvgIpc) is 2.39. The van der Waals surface area contributed by atoms with Gasteiger partial charge in [-0.3, -0.25) is 8.98 Å². The van der Waals surface area contributed by atoms with Crippen LogP contribution in [0.4, 0.5) is 5.69 Å². The summed E-state index contributed by atoms with van der Waals surface area (Å²) < 4.78 is 32.0. The third kappa shape index (κ3) is 5.08. The van der Waals surface area contributed by atoms with Crippen molar-refractivity contribution in [2.24, 2.45) is 0 Å². The SMILES string of the molecule is COCC(C)N(C(=O)COS(C)(=O)=O)c1c(C)cccc1C. The third-order valence-electron chi connectivity index (χ3n) is 3.19. The van der Waals surface area contributed by atoms with Gasteiger partial charge in [-0.2, -0.15) is 8.42 Å². The Labute approximate surface area is 132 Å². The number of amides is 1. The van der Waals surface area contributed by atoms with Crippen molar-refractivity contribution in [2.75, 3.05) is 31.5 Å². The zero-order chi connectivity index (χ0) is 16.9. The summed E-state index contributed by atoms with van der Waals surface area (Å²) in [5, 5.41) is 0. The van der Waals surface area contributed by atoms with Gasteiger partial charge in [-0.25, -0.2) is 0 Å². The van der Waals surface area contributed by atoms with Crippen molar-refractivity contribution in [1.82, 2.24) is 0 Å². The zero-order valence-corrected chi connectivity index (χ0v) is 14.4. The highest BCUT2D eigenvalue weighted by molar-refractivity contribution is 7.86. The summed E-state index contributed by atoms with van der Waals surface area (Å²) in [6.45, 7) is 5.45. The molecule has 1 rings (SSSR count). The number of aryl methyl sites for hydroxylation is 2. The number of benzene rings is 1. The smallest absolute Gasteiger partial charge is 0.264 e. The lowest BCUT2D eigenvalue weighted by Gasteiger charge is -2.31. The summed E-state index contributed by atoms with van der Waals surface area (Å²) in [5.74, 6) is -0.424. The Morgan fingerprint density at radius 3 is 2.27 bits per heavy atom. The molecule has 0 fully saturated rings. The van der Waals surface area contributed by atoms with Crippen molar-refractivity contribution in [3.63, 3.8) is 0 Å². The molecule has 1 aromatic rings. The summed E-state index contributed by atoms with van der Waals surface area (Å²) in [6.07, 6.45) is 0.919. The van der Waals surface area contributed by atoms with E-state index in [1.807, 2.05) is 39.0 Å². The van der Waals surface area contributed by atoms with Gasteiger partial charge in [0, 0.05) is 12.8 Å². The number of hydrogen-bond donors (Lipinski definition) is 0. The van der Waals surface area contributed by atoms with Gasteiger partial charge in [-0.1, -0.05) is 18.2 Å². The number of ether oxygens (including phenoxy) is 1. The molecule has 0 aliphatic carbocycles. The zero-order valence-electron chi connectivity index (χ0n) is 13.6. The lowest BCUT2D eigenvalue weighted by Crippen LogP contribution is -2.44. The van der Waals surface area contributed by atoms with E-state index in [1.54, 1.807) is 12.0 Å². The number of carbonyl (C=O) groups is 1. The molecule has 6 nitrogen and oxygen atoms in total. The molecular weight excluding hydrogens is 306 g/mol. The first-order valence-corrected chi connectivity index (χ1v) is 8.70. The summed E-state index contributed by atoms with van der Waals surface area (Å²) in [4.78, 5) is 14.0. The van der Waals surface area contributed by atoms with Gasteiger partial charge in [-0.05, 0) is 31.9 Å². The second-order valence-corrected chi connectivity index (χ2v) is 6.92. The van der Waals surface area contributed by atoms with E-state index in [2.05, 4.69) is 4.18 Å². The lowest BCUT2D eigenvalue weighted by atomic mass is 10.1. The van der Waals surface area contributed by atoms with Crippen LogP contribution in [0, 0.1) is 13.8 Å². The highest BCUT2D eigenvalue weighted by Gasteiger charge is 2.25. The largest absolute Gasteiger partial charge is 0.383 e. The number of hydrogen-bond acceptors (Lipinski definition) is 5. The maximum Gasteiger partial charge on any atom is 0.264 e. The molecule has 1 unspecified atom stereocenters. The molecule has 1 atom stereocenters. The van der Waals surface area contributed by atoms with Crippen molar-refractivity contribution < 1.29 is 22.1 Å². The Balaban J connectivity index is 3.16. The number of carbonyl (C=O) groups excluding carboxylic acids is 1. The van der Waals surface area contributed by atoms with Gasteiger partial charge >= 0.3 is 0 Å². The molecule has 0 aliphatic rings. The lowest BCUT2D eigenvalue weighted by molar-refractivity contribution is -0.121. The standard InChI is InChI=1S/C15H23NO5S/c1-11-7-6-8-12(2)15(11)16(13(3)9-20-4)14(17)10-21-22(5,18)19/h6-8,13H,9-10H2,1-5H3. The van der Waals surface area contributed by atoms with Crippen LogP contribution in [-0.2, 0) is 23.8 Å². The summed E-state index contributed by atoms with van der Waals surface area (Å²) in [7, 11) is -2.12. The second-order valence-electron chi connectivity index (χ2n) is 5.27. The molecule has 0 radical (unpaired) electrons. The van der Waals surface area contributed by atoms with E-state index in [0.29, 0.717) is 6.61 Å². The van der Waals surface area contributed by atoms with Crippen LogP contribution in [0.5, 0.6) is 0 Å². The molecule has 0 aromatic heterocycles. The van der Waals surface area contributed by atoms with Gasteiger partial charge in [-0.15, -0.1) is 0 Å². The fraction of sp³-hybridized carbons (Fsp3) is 0.533. The van der Waals surface area contributed by atoms with Gasteiger partial charge in [0.25, 0.3) is 16.0 Å². The van der Waals surface area contributed by atoms with Crippen molar-refractivity contribution in [1.29, 1.82) is 0 Å². The highest BCUT2D eigenvalue weighted by Crippen LogP contribution is 2.27. The van der Waals surface area contributed by atoms with Crippen LogP contribution in [-0.4, -0.2) is 46.9 Å². The van der Waals surface area contributed by atoms with Crippen LogP contribution in [0.1, 0.15) is 18.1 Å². The van der Waals surface area contributed by atoms with Crippen LogP contribution < -0.4 is 4.90 Å². The molecule has 0 aliphatic heterocycles. The number of methoxy groups -OCH3 is 1. The Hall–Kier alpha value is -1.44. The maximum atomic E-state index is 12.5. The Morgan fingerprint density at radius 1 is 1.27 bits per heavy atom. The quantitative estimate of drug-likeness (QED) is 0.711. The average molecular weight is 329 g/mol. The summed E-state index contributed by atoms with van der Waals surface area (Å²) >= 11 is 0. The summed E-state index contributed by atoms with van der Waals surface area (Å²) in [5.41, 5.74) is 2.61. The van der Waals surface area contributed by atoms with Gasteiger partial charge < -0.3 is 9.64 Å². The monoisotopic (exact) mass is 329 g/mol. The predicted molar refractivity (Wildman–Crippen MR) is 85.5 cm³/mol. The minimum Gasteiger partial charge on any atom is -0.383 e. The van der Waals surface area contributed by atoms with Crippen molar-refractivity contribution in [3.05, 3.63) is 29.3 Å². The third-order valence-corrected chi connectivity index (χ3v) is 3.74. The van der Waals surface area contributed by atoms with E-state index in [1.165, 1.54) is 0 Å². The minimum atomic E-state index is -3.67. The predicted octanol–water partition coefficient (Wildman–Crippen LogP) is 1.65. The number of anilines is 1. The number of rotatable bonds is 7. The van der Waals surface area contributed by atoms with E-state index >= 15 is 0 Å². The van der Waals surface area contributed by atoms with Crippen molar-refractivity contribution in [3.8, 4) is 0 Å². The Bertz CT molecular complexity index is 607. The Kier molecular flexibility index (Phi) is 6.52. The molecule has 1 aromatic carbocycles. The highest BCUT2D eigenvalue weighted by atomic mass is 32.2. The molecule has 0 bridgehead atoms. The first kappa shape index (κ1) is 18.6. The molecule has 22 heavy (non-hydrogen) atoms. The van der Waals surface area contributed by atoms with E-state index < -0.39 is 22.6 Å². The first-order chi connectivity index (χ1) is 10.2. The molecule has 7 heteroatoms. The minimum absolute atomic E-state index is 0.250. The molecule has 0 N–H and O–H groups in total. The molecule has 0 saturated carbocycles. The fourth-order valence-electron chi connectivity index (χ4n) is 2.32. The van der Waals surface area contributed by atoms with E-state index in [0.717, 1.165) is 23.1 Å². The van der Waals surface area contributed by atoms with E-state index in [-0.39, 0.29) is 6.04 Å². The second kappa shape index (κ2) is 7.71. The molecule has 1 amide bonds. The molecule has 0 saturated heterocycles. The van der Waals surface area contributed by atoms with Gasteiger partial charge in [0.15, 0.2) is 0 Å². The van der Waals surface area contributed by atoms with Crippen molar-refractivity contribution in [2.45, 2.75) is 26.8 Å². The van der Waals surface area contributed by atoms with Crippen molar-refractivity contribution >= 4 is 21.7 Å². The summed E-state index contributed by atoms with van der Waals surface area (Å²) in [6, 6.07) is 5.46. The van der Waals surface area contributed by atoms with Gasteiger partial charge in [0.2, 0.25) is 0 Å². The number of para-hydroxylation sites is 1. The van der Waals surface area contributed by atoms with Crippen LogP contribution in [0.2, 0.25) is 0 Å². The fourth-order valence-corrected chi connectivity index (χ4v) is 2.63. The van der Waals surface area contributed by atoms with E-state index in [9.17, 15) is 13.2 Å². The topological polar surface area (TPSA) is 72.9 Å². The normalized spacial score (nSPS) is 13.0. The van der Waals surface area contributed by atoms with Crippen LogP contribution in [0.25, 0.3) is 0 Å². The molecular formula is C15H23NO5S. The Morgan fingerprint density at radius 2 is 1.82 bits per heavy atom. The van der Waals surface area contributed by atoms with Crippen LogP contribution in [0.3, 0.4) is 0 Å². The first-order valence-electron chi connectivity index (χ1n) is 6.89. The molecule has 0 spiro atoms. The number of nitrogens with zero attached hydrogens (tertiary/aromatic N) is 1.